The van der Waals surface area contributed by atoms with Gasteiger partial charge < -0.3 is 14.8 Å². The monoisotopic (exact) mass is 397 g/mol. The van der Waals surface area contributed by atoms with Crippen LogP contribution in [0.5, 0.6) is 5.75 Å². The van der Waals surface area contributed by atoms with Gasteiger partial charge in [-0.25, -0.2) is 4.79 Å². The number of amides is 1. The van der Waals surface area contributed by atoms with Crippen molar-refractivity contribution >= 4 is 17.6 Å². The van der Waals surface area contributed by atoms with Crippen molar-refractivity contribution in [2.75, 3.05) is 18.5 Å². The van der Waals surface area contributed by atoms with Crippen molar-refractivity contribution in [1.82, 2.24) is 0 Å². The lowest BCUT2D eigenvalue weighted by atomic mass is 10.1. The molecule has 0 saturated carbocycles. The number of rotatable bonds is 11. The number of esters is 1. The van der Waals surface area contributed by atoms with E-state index in [-0.39, 0.29) is 11.9 Å². The highest BCUT2D eigenvalue weighted by Crippen LogP contribution is 2.19. The lowest BCUT2D eigenvalue weighted by Crippen LogP contribution is -2.13. The molecule has 5 nitrogen and oxygen atoms in total. The summed E-state index contributed by atoms with van der Waals surface area (Å²) >= 11 is 0. The van der Waals surface area contributed by atoms with Crippen LogP contribution in [0.15, 0.2) is 42.5 Å². The Kier molecular flexibility index (Phi) is 9.22. The van der Waals surface area contributed by atoms with Crippen LogP contribution in [0.1, 0.15) is 60.5 Å². The van der Waals surface area contributed by atoms with Crippen LogP contribution >= 0.6 is 0 Å². The number of nitrogens with one attached hydrogen (secondary N) is 1. The third-order valence-corrected chi connectivity index (χ3v) is 4.53. The van der Waals surface area contributed by atoms with Crippen LogP contribution in [-0.4, -0.2) is 25.1 Å². The van der Waals surface area contributed by atoms with Gasteiger partial charge in [-0.05, 0) is 68.1 Å². The zero-order chi connectivity index (χ0) is 21.1. The van der Waals surface area contributed by atoms with Crippen molar-refractivity contribution in [2.24, 2.45) is 0 Å². The van der Waals surface area contributed by atoms with Gasteiger partial charge in [0, 0.05) is 12.1 Å². The summed E-state index contributed by atoms with van der Waals surface area (Å²) in [5.74, 6) is 0.453. The number of anilines is 1. The van der Waals surface area contributed by atoms with Gasteiger partial charge in [0.05, 0.1) is 18.8 Å². The average Bonchev–Trinajstić information content (AvgIpc) is 2.71. The van der Waals surface area contributed by atoms with Crippen LogP contribution in [0.3, 0.4) is 0 Å². The van der Waals surface area contributed by atoms with Crippen molar-refractivity contribution in [1.29, 1.82) is 0 Å². The van der Waals surface area contributed by atoms with Crippen LogP contribution in [0.25, 0.3) is 0 Å². The molecular formula is C24H31NO4. The number of aryl methyl sites for hydroxylation is 2. The highest BCUT2D eigenvalue weighted by atomic mass is 16.5. The largest absolute Gasteiger partial charge is 0.493 e. The second-order valence-corrected chi connectivity index (χ2v) is 7.19. The molecule has 29 heavy (non-hydrogen) atoms. The third-order valence-electron chi connectivity index (χ3n) is 4.53. The van der Waals surface area contributed by atoms with Gasteiger partial charge in [-0.2, -0.15) is 0 Å². The van der Waals surface area contributed by atoms with Gasteiger partial charge in [0.1, 0.15) is 5.75 Å². The first-order valence-electron chi connectivity index (χ1n) is 10.3. The summed E-state index contributed by atoms with van der Waals surface area (Å²) in [7, 11) is 0. The highest BCUT2D eigenvalue weighted by molar-refractivity contribution is 5.93. The Bertz CT molecular complexity index is 799. The Morgan fingerprint density at radius 1 is 0.931 bits per heavy atom. The van der Waals surface area contributed by atoms with Crippen LogP contribution in [0.2, 0.25) is 0 Å². The first-order valence-corrected chi connectivity index (χ1v) is 10.3. The number of ether oxygens (including phenoxy) is 2. The van der Waals surface area contributed by atoms with E-state index in [9.17, 15) is 9.59 Å². The number of hydrogen-bond donors (Lipinski definition) is 1. The van der Waals surface area contributed by atoms with Crippen LogP contribution < -0.4 is 10.1 Å². The minimum absolute atomic E-state index is 0.0792. The van der Waals surface area contributed by atoms with Gasteiger partial charge in [0.15, 0.2) is 0 Å². The molecule has 156 valence electrons. The summed E-state index contributed by atoms with van der Waals surface area (Å²) in [6, 6.07) is 12.9. The van der Waals surface area contributed by atoms with Gasteiger partial charge in [-0.3, -0.25) is 4.79 Å². The Balaban J connectivity index is 1.70. The molecule has 0 aliphatic rings. The molecule has 0 saturated heterocycles. The topological polar surface area (TPSA) is 64.6 Å². The maximum Gasteiger partial charge on any atom is 0.338 e. The molecule has 0 unspecified atom stereocenters. The summed E-state index contributed by atoms with van der Waals surface area (Å²) in [4.78, 5) is 24.1. The molecule has 0 bridgehead atoms. The fourth-order valence-electron chi connectivity index (χ4n) is 2.79. The van der Waals surface area contributed by atoms with Crippen molar-refractivity contribution in [3.05, 3.63) is 59.2 Å². The smallest absolute Gasteiger partial charge is 0.338 e. The molecule has 5 heteroatoms. The quantitative estimate of drug-likeness (QED) is 0.405. The van der Waals surface area contributed by atoms with E-state index in [4.69, 9.17) is 9.47 Å². The molecule has 2 rings (SSSR count). The molecule has 2 aromatic carbocycles. The number of carbonyl (C=O) groups is 2. The van der Waals surface area contributed by atoms with Gasteiger partial charge >= 0.3 is 5.97 Å². The molecule has 2 aromatic rings. The summed E-state index contributed by atoms with van der Waals surface area (Å²) in [6.07, 6.45) is 4.01. The van der Waals surface area contributed by atoms with Gasteiger partial charge in [-0.1, -0.05) is 31.9 Å². The average molecular weight is 398 g/mol. The highest BCUT2D eigenvalue weighted by Gasteiger charge is 2.08. The molecule has 0 spiro atoms. The fourth-order valence-corrected chi connectivity index (χ4v) is 2.79. The number of unbranched alkanes of at least 4 members (excludes halogenated alkanes) is 2. The number of benzene rings is 2. The van der Waals surface area contributed by atoms with E-state index in [1.165, 1.54) is 0 Å². The van der Waals surface area contributed by atoms with E-state index < -0.39 is 0 Å². The van der Waals surface area contributed by atoms with E-state index in [1.807, 2.05) is 32.0 Å². The van der Waals surface area contributed by atoms with E-state index in [1.54, 1.807) is 24.3 Å². The fraction of sp³-hybridized carbons (Fsp3) is 0.417. The molecule has 0 radical (unpaired) electrons. The molecule has 0 heterocycles. The molecule has 0 atom stereocenters. The van der Waals surface area contributed by atoms with Gasteiger partial charge in [0.2, 0.25) is 5.91 Å². The second-order valence-electron chi connectivity index (χ2n) is 7.19. The summed E-state index contributed by atoms with van der Waals surface area (Å²) in [5, 5.41) is 2.84. The molecular weight excluding hydrogens is 366 g/mol. The minimum Gasteiger partial charge on any atom is -0.493 e. The zero-order valence-electron chi connectivity index (χ0n) is 17.6. The van der Waals surface area contributed by atoms with Crippen LogP contribution in [-0.2, 0) is 9.53 Å². The Morgan fingerprint density at radius 3 is 2.41 bits per heavy atom. The van der Waals surface area contributed by atoms with E-state index >= 15 is 0 Å². The first-order chi connectivity index (χ1) is 14.0. The van der Waals surface area contributed by atoms with Gasteiger partial charge in [0.25, 0.3) is 0 Å². The predicted octanol–water partition coefficient (Wildman–Crippen LogP) is 5.45. The Labute approximate surface area is 173 Å². The first kappa shape index (κ1) is 22.5. The lowest BCUT2D eigenvalue weighted by Gasteiger charge is -2.10. The van der Waals surface area contributed by atoms with Crippen molar-refractivity contribution < 1.29 is 19.1 Å². The normalized spacial score (nSPS) is 10.4. The molecule has 0 aliphatic carbocycles. The van der Waals surface area contributed by atoms with Crippen molar-refractivity contribution in [3.8, 4) is 5.75 Å². The lowest BCUT2D eigenvalue weighted by molar-refractivity contribution is -0.116. The van der Waals surface area contributed by atoms with E-state index in [2.05, 4.69) is 12.2 Å². The van der Waals surface area contributed by atoms with E-state index in [0.29, 0.717) is 37.3 Å². The molecule has 1 amide bonds. The molecule has 0 aromatic heterocycles. The minimum atomic E-state index is -0.331. The maximum atomic E-state index is 12.1. The Morgan fingerprint density at radius 2 is 1.69 bits per heavy atom. The molecule has 0 aliphatic heterocycles. The molecule has 0 fully saturated rings. The second kappa shape index (κ2) is 11.9. The zero-order valence-corrected chi connectivity index (χ0v) is 17.6. The van der Waals surface area contributed by atoms with Crippen molar-refractivity contribution in [3.63, 3.8) is 0 Å². The third kappa shape index (κ3) is 7.98. The van der Waals surface area contributed by atoms with Crippen LogP contribution in [0, 0.1) is 13.8 Å². The van der Waals surface area contributed by atoms with Gasteiger partial charge in [-0.15, -0.1) is 0 Å². The predicted molar refractivity (Wildman–Crippen MR) is 116 cm³/mol. The molecule has 1 N–H and O–H groups in total. The SMILES string of the molecule is CCCCCOC(=O)c1ccc(NC(=O)CCCOc2cc(C)ccc2C)cc1. The standard InChI is InChI=1S/C24H31NO4/c1-4-5-6-15-29-24(27)20-11-13-21(14-12-20)25-23(26)8-7-16-28-22-17-18(2)9-10-19(22)3/h9-14,17H,4-8,15-16H2,1-3H3,(H,25,26). The number of carbonyl (C=O) groups excluding carboxylic acids is 2. The van der Waals surface area contributed by atoms with Crippen LogP contribution in [0.4, 0.5) is 5.69 Å². The van der Waals surface area contributed by atoms with Crippen molar-refractivity contribution in [2.45, 2.75) is 52.9 Å². The summed E-state index contributed by atoms with van der Waals surface area (Å²) in [5.41, 5.74) is 3.38. The maximum absolute atomic E-state index is 12.1. The Hall–Kier alpha value is -2.82. The summed E-state index contributed by atoms with van der Waals surface area (Å²) in [6.45, 7) is 7.06. The summed E-state index contributed by atoms with van der Waals surface area (Å²) < 4.78 is 11.0. The van der Waals surface area contributed by atoms with E-state index in [0.717, 1.165) is 36.1 Å². The number of hydrogen-bond acceptors (Lipinski definition) is 4.